The molecule has 0 spiro atoms. The Morgan fingerprint density at radius 2 is 2.42 bits per heavy atom. The lowest BCUT2D eigenvalue weighted by molar-refractivity contribution is -0.217. The molecule has 1 unspecified atom stereocenters. The molecule has 0 amide bonds. The number of hydrogen-bond donors (Lipinski definition) is 1. The first-order valence-electron chi connectivity index (χ1n) is 4.54. The number of rotatable bonds is 3. The second-order valence-electron chi connectivity index (χ2n) is 3.36. The molecule has 0 heterocycles. The third-order valence-electron chi connectivity index (χ3n) is 2.07. The zero-order chi connectivity index (χ0) is 9.03. The molecule has 0 radical (unpaired) electrons. The van der Waals surface area contributed by atoms with Crippen LogP contribution in [-0.4, -0.2) is 23.3 Å². The molecule has 0 aromatic heterocycles. The van der Waals surface area contributed by atoms with E-state index in [-0.39, 0.29) is 12.2 Å². The predicted octanol–water partition coefficient (Wildman–Crippen LogP) is 1.24. The number of ether oxygens (including phenoxy) is 1. The third-order valence-corrected chi connectivity index (χ3v) is 2.07. The van der Waals surface area contributed by atoms with Gasteiger partial charge in [0.05, 0.1) is 6.42 Å². The molecular weight excluding hydrogens is 156 g/mol. The van der Waals surface area contributed by atoms with Crippen LogP contribution in [0.4, 0.5) is 0 Å². The molecule has 0 aromatic carbocycles. The Bertz CT molecular complexity index is 167. The molecule has 1 N–H and O–H groups in total. The van der Waals surface area contributed by atoms with Gasteiger partial charge in [-0.1, -0.05) is 6.92 Å². The van der Waals surface area contributed by atoms with E-state index in [1.165, 1.54) is 0 Å². The highest BCUT2D eigenvalue weighted by Crippen LogP contribution is 2.26. The number of carbonyl (C=O) groups is 1. The Morgan fingerprint density at radius 3 is 3.00 bits per heavy atom. The maximum atomic E-state index is 11.0. The molecule has 1 aliphatic carbocycles. The highest BCUT2D eigenvalue weighted by molar-refractivity contribution is 5.79. The van der Waals surface area contributed by atoms with Gasteiger partial charge in [-0.3, -0.25) is 4.79 Å². The standard InChI is InChI=1S/C9H16O3/c1-2-6-12-9(11)5-3-4-8(10)7-9/h11H,2-7H2,1H3. The summed E-state index contributed by atoms with van der Waals surface area (Å²) >= 11 is 0. The second kappa shape index (κ2) is 4.01. The fourth-order valence-corrected chi connectivity index (χ4v) is 1.46. The molecule has 0 aliphatic heterocycles. The van der Waals surface area contributed by atoms with Crippen molar-refractivity contribution in [2.45, 2.75) is 44.8 Å². The van der Waals surface area contributed by atoms with Crippen LogP contribution in [0.2, 0.25) is 0 Å². The summed E-state index contributed by atoms with van der Waals surface area (Å²) in [5.41, 5.74) is 0. The van der Waals surface area contributed by atoms with Crippen LogP contribution in [0.5, 0.6) is 0 Å². The number of aliphatic hydroxyl groups is 1. The summed E-state index contributed by atoms with van der Waals surface area (Å²) in [6, 6.07) is 0. The van der Waals surface area contributed by atoms with Crippen molar-refractivity contribution in [2.75, 3.05) is 6.61 Å². The van der Waals surface area contributed by atoms with Gasteiger partial charge >= 0.3 is 0 Å². The molecule has 1 fully saturated rings. The lowest BCUT2D eigenvalue weighted by Crippen LogP contribution is -2.38. The third kappa shape index (κ3) is 2.57. The second-order valence-corrected chi connectivity index (χ2v) is 3.36. The topological polar surface area (TPSA) is 46.5 Å². The minimum Gasteiger partial charge on any atom is -0.365 e. The van der Waals surface area contributed by atoms with E-state index in [0.29, 0.717) is 19.4 Å². The average molecular weight is 172 g/mol. The van der Waals surface area contributed by atoms with Gasteiger partial charge in [-0.15, -0.1) is 0 Å². The maximum absolute atomic E-state index is 11.0. The van der Waals surface area contributed by atoms with Crippen molar-refractivity contribution in [3.63, 3.8) is 0 Å². The van der Waals surface area contributed by atoms with Crippen molar-refractivity contribution < 1.29 is 14.6 Å². The summed E-state index contributed by atoms with van der Waals surface area (Å²) in [5, 5.41) is 9.73. The summed E-state index contributed by atoms with van der Waals surface area (Å²) in [5.74, 6) is -1.04. The highest BCUT2D eigenvalue weighted by atomic mass is 16.6. The van der Waals surface area contributed by atoms with Gasteiger partial charge in [0.2, 0.25) is 0 Å². The summed E-state index contributed by atoms with van der Waals surface area (Å²) in [4.78, 5) is 11.0. The van der Waals surface area contributed by atoms with Crippen LogP contribution >= 0.6 is 0 Å². The number of carbonyl (C=O) groups excluding carboxylic acids is 1. The van der Waals surface area contributed by atoms with Crippen LogP contribution in [0, 0.1) is 0 Å². The molecule has 1 rings (SSSR count). The van der Waals surface area contributed by atoms with Crippen LogP contribution in [0.1, 0.15) is 39.0 Å². The Morgan fingerprint density at radius 1 is 1.67 bits per heavy atom. The molecule has 3 heteroatoms. The molecule has 0 aromatic rings. The van der Waals surface area contributed by atoms with Crippen LogP contribution in [0.25, 0.3) is 0 Å². The molecule has 12 heavy (non-hydrogen) atoms. The van der Waals surface area contributed by atoms with Crippen molar-refractivity contribution in [3.8, 4) is 0 Å². The van der Waals surface area contributed by atoms with E-state index in [1.807, 2.05) is 6.92 Å². The minimum atomic E-state index is -1.15. The Labute approximate surface area is 72.7 Å². The van der Waals surface area contributed by atoms with Gasteiger partial charge in [0.1, 0.15) is 5.78 Å². The molecule has 0 saturated heterocycles. The minimum absolute atomic E-state index is 0.111. The lowest BCUT2D eigenvalue weighted by atomic mass is 9.93. The van der Waals surface area contributed by atoms with E-state index in [4.69, 9.17) is 4.74 Å². The Kier molecular flexibility index (Phi) is 3.23. The Hall–Kier alpha value is -0.410. The SMILES string of the molecule is CCCOC1(O)CCCC(=O)C1. The zero-order valence-corrected chi connectivity index (χ0v) is 7.51. The Balaban J connectivity index is 2.40. The maximum Gasteiger partial charge on any atom is 0.172 e. The molecule has 1 saturated carbocycles. The van der Waals surface area contributed by atoms with Crippen LogP contribution in [0.3, 0.4) is 0 Å². The van der Waals surface area contributed by atoms with Crippen LogP contribution in [-0.2, 0) is 9.53 Å². The van der Waals surface area contributed by atoms with Crippen molar-refractivity contribution in [2.24, 2.45) is 0 Å². The van der Waals surface area contributed by atoms with E-state index < -0.39 is 5.79 Å². The van der Waals surface area contributed by atoms with Gasteiger partial charge in [-0.2, -0.15) is 0 Å². The van der Waals surface area contributed by atoms with Gasteiger partial charge in [-0.05, 0) is 12.8 Å². The number of hydrogen-bond acceptors (Lipinski definition) is 3. The van der Waals surface area contributed by atoms with E-state index in [2.05, 4.69) is 0 Å². The fourth-order valence-electron chi connectivity index (χ4n) is 1.46. The first-order chi connectivity index (χ1) is 5.66. The van der Waals surface area contributed by atoms with Crippen molar-refractivity contribution in [3.05, 3.63) is 0 Å². The molecule has 70 valence electrons. The predicted molar refractivity (Wildman–Crippen MR) is 44.7 cm³/mol. The van der Waals surface area contributed by atoms with Gasteiger partial charge < -0.3 is 9.84 Å². The van der Waals surface area contributed by atoms with Crippen molar-refractivity contribution in [1.82, 2.24) is 0 Å². The van der Waals surface area contributed by atoms with E-state index in [0.717, 1.165) is 12.8 Å². The van der Waals surface area contributed by atoms with Crippen molar-refractivity contribution in [1.29, 1.82) is 0 Å². The molecule has 1 aliphatic rings. The normalized spacial score (nSPS) is 30.7. The summed E-state index contributed by atoms with van der Waals surface area (Å²) in [6.45, 7) is 2.51. The molecular formula is C9H16O3. The molecule has 1 atom stereocenters. The first kappa shape index (κ1) is 9.68. The number of Topliss-reactive ketones (excluding diaryl/α,β-unsaturated/α-hetero) is 1. The molecule has 0 bridgehead atoms. The van der Waals surface area contributed by atoms with Gasteiger partial charge in [0, 0.05) is 19.4 Å². The number of ketones is 1. The van der Waals surface area contributed by atoms with E-state index in [1.54, 1.807) is 0 Å². The monoisotopic (exact) mass is 172 g/mol. The lowest BCUT2D eigenvalue weighted by Gasteiger charge is -2.30. The van der Waals surface area contributed by atoms with Crippen molar-refractivity contribution >= 4 is 5.78 Å². The average Bonchev–Trinajstić information content (AvgIpc) is 2.01. The summed E-state index contributed by atoms with van der Waals surface area (Å²) in [7, 11) is 0. The van der Waals surface area contributed by atoms with Gasteiger partial charge in [-0.25, -0.2) is 0 Å². The highest BCUT2D eigenvalue weighted by Gasteiger charge is 2.33. The van der Waals surface area contributed by atoms with Crippen LogP contribution in [0.15, 0.2) is 0 Å². The van der Waals surface area contributed by atoms with E-state index in [9.17, 15) is 9.90 Å². The summed E-state index contributed by atoms with van der Waals surface area (Å²) in [6.07, 6.45) is 2.99. The van der Waals surface area contributed by atoms with Gasteiger partial charge in [0.25, 0.3) is 0 Å². The summed E-state index contributed by atoms with van der Waals surface area (Å²) < 4.78 is 5.22. The van der Waals surface area contributed by atoms with Crippen LogP contribution < -0.4 is 0 Å². The molecule has 3 nitrogen and oxygen atoms in total. The van der Waals surface area contributed by atoms with Gasteiger partial charge in [0.15, 0.2) is 5.79 Å². The quantitative estimate of drug-likeness (QED) is 0.651. The smallest absolute Gasteiger partial charge is 0.172 e. The first-order valence-corrected chi connectivity index (χ1v) is 4.54. The van der Waals surface area contributed by atoms with E-state index >= 15 is 0 Å². The zero-order valence-electron chi connectivity index (χ0n) is 7.51. The fraction of sp³-hybridized carbons (Fsp3) is 0.889. The largest absolute Gasteiger partial charge is 0.365 e.